The summed E-state index contributed by atoms with van der Waals surface area (Å²) in [6.45, 7) is 8.95. The maximum atomic E-state index is 11.8. The monoisotopic (exact) mass is 211 g/mol. The highest BCUT2D eigenvalue weighted by Gasteiger charge is 2.24. The molecule has 0 aliphatic carbocycles. The smallest absolute Gasteiger partial charge is 0.236 e. The maximum absolute atomic E-state index is 11.8. The van der Waals surface area contributed by atoms with Crippen molar-refractivity contribution in [3.63, 3.8) is 0 Å². The van der Waals surface area contributed by atoms with Gasteiger partial charge in [0.15, 0.2) is 0 Å². The molecule has 2 rings (SSSR count). The minimum atomic E-state index is 0.315. The van der Waals surface area contributed by atoms with Gasteiger partial charge in [-0.05, 0) is 32.0 Å². The van der Waals surface area contributed by atoms with Crippen LogP contribution in [-0.2, 0) is 4.79 Å². The molecule has 4 nitrogen and oxygen atoms in total. The van der Waals surface area contributed by atoms with Crippen molar-refractivity contribution in [1.29, 1.82) is 0 Å². The first-order valence-electron chi connectivity index (χ1n) is 6.00. The van der Waals surface area contributed by atoms with Crippen LogP contribution in [0.25, 0.3) is 0 Å². The van der Waals surface area contributed by atoms with Gasteiger partial charge < -0.3 is 10.2 Å². The number of hydrogen-bond acceptors (Lipinski definition) is 3. The number of likely N-dealkylation sites (N-methyl/N-ethyl adjacent to an activating group) is 1. The molecular weight excluding hydrogens is 190 g/mol. The second kappa shape index (κ2) is 4.94. The second-order valence-electron chi connectivity index (χ2n) is 4.56. The number of nitrogens with one attached hydrogen (secondary N) is 1. The van der Waals surface area contributed by atoms with Gasteiger partial charge in [0.1, 0.15) is 0 Å². The van der Waals surface area contributed by atoms with E-state index >= 15 is 0 Å². The van der Waals surface area contributed by atoms with Gasteiger partial charge in [-0.3, -0.25) is 9.69 Å². The summed E-state index contributed by atoms with van der Waals surface area (Å²) in [6, 6.07) is 0. The fourth-order valence-corrected chi connectivity index (χ4v) is 2.15. The van der Waals surface area contributed by atoms with E-state index in [9.17, 15) is 4.79 Å². The summed E-state index contributed by atoms with van der Waals surface area (Å²) in [7, 11) is 0. The van der Waals surface area contributed by atoms with Crippen LogP contribution in [0.2, 0.25) is 0 Å². The van der Waals surface area contributed by atoms with Gasteiger partial charge in [-0.15, -0.1) is 0 Å². The second-order valence-corrected chi connectivity index (χ2v) is 4.56. The summed E-state index contributed by atoms with van der Waals surface area (Å²) in [4.78, 5) is 16.0. The van der Waals surface area contributed by atoms with Gasteiger partial charge in [0.05, 0.1) is 6.54 Å². The Labute approximate surface area is 91.6 Å². The molecule has 2 aliphatic heterocycles. The number of amides is 1. The van der Waals surface area contributed by atoms with Crippen molar-refractivity contribution < 1.29 is 4.79 Å². The number of hydrogen-bond donors (Lipinski definition) is 1. The molecule has 86 valence electrons. The summed E-state index contributed by atoms with van der Waals surface area (Å²) in [5.74, 6) is 1.12. The third kappa shape index (κ3) is 2.69. The minimum absolute atomic E-state index is 0.315. The normalized spacial score (nSPS) is 24.3. The molecule has 2 aliphatic rings. The summed E-state index contributed by atoms with van der Waals surface area (Å²) < 4.78 is 0. The predicted molar refractivity (Wildman–Crippen MR) is 59.7 cm³/mol. The molecule has 1 N–H and O–H groups in total. The van der Waals surface area contributed by atoms with Crippen molar-refractivity contribution in [2.24, 2.45) is 5.92 Å². The molecule has 0 spiro atoms. The minimum Gasteiger partial charge on any atom is -0.340 e. The van der Waals surface area contributed by atoms with Crippen molar-refractivity contribution in [1.82, 2.24) is 15.1 Å². The van der Waals surface area contributed by atoms with E-state index in [1.807, 2.05) is 4.90 Å². The summed E-state index contributed by atoms with van der Waals surface area (Å²) in [5, 5.41) is 3.26. The first-order chi connectivity index (χ1) is 7.29. The number of nitrogens with zero attached hydrogens (tertiary/aromatic N) is 2. The number of carbonyl (C=O) groups excluding carboxylic acids is 1. The van der Waals surface area contributed by atoms with E-state index in [1.54, 1.807) is 0 Å². The van der Waals surface area contributed by atoms with Crippen LogP contribution in [0.15, 0.2) is 0 Å². The zero-order valence-corrected chi connectivity index (χ0v) is 9.54. The molecule has 15 heavy (non-hydrogen) atoms. The van der Waals surface area contributed by atoms with Crippen molar-refractivity contribution in [3.05, 3.63) is 0 Å². The number of carbonyl (C=O) groups is 1. The van der Waals surface area contributed by atoms with Crippen molar-refractivity contribution in [3.8, 4) is 0 Å². The first-order valence-corrected chi connectivity index (χ1v) is 6.00. The van der Waals surface area contributed by atoms with Crippen molar-refractivity contribution in [2.75, 3.05) is 45.8 Å². The highest BCUT2D eigenvalue weighted by Crippen LogP contribution is 2.11. The predicted octanol–water partition coefficient (Wildman–Crippen LogP) is -0.240. The van der Waals surface area contributed by atoms with Gasteiger partial charge in [-0.1, -0.05) is 6.92 Å². The van der Waals surface area contributed by atoms with Crippen LogP contribution in [0.3, 0.4) is 0 Å². The SMILES string of the molecule is CCN1CCN(CCC2CNC2)C(=O)C1. The van der Waals surface area contributed by atoms with Gasteiger partial charge in [0, 0.05) is 19.6 Å². The van der Waals surface area contributed by atoms with E-state index in [1.165, 1.54) is 6.42 Å². The summed E-state index contributed by atoms with van der Waals surface area (Å²) >= 11 is 0. The Bertz CT molecular complexity index is 228. The Balaban J connectivity index is 1.70. The fourth-order valence-electron chi connectivity index (χ4n) is 2.15. The molecule has 2 fully saturated rings. The first kappa shape index (κ1) is 10.9. The Kier molecular flexibility index (Phi) is 3.59. The molecule has 0 aromatic heterocycles. The van der Waals surface area contributed by atoms with Gasteiger partial charge in [0.2, 0.25) is 5.91 Å². The molecule has 2 heterocycles. The van der Waals surface area contributed by atoms with Crippen LogP contribution in [-0.4, -0.2) is 61.5 Å². The van der Waals surface area contributed by atoms with Crippen molar-refractivity contribution >= 4 is 5.91 Å². The standard InChI is InChI=1S/C11H21N3O/c1-2-13-5-6-14(11(15)9-13)4-3-10-7-12-8-10/h10,12H,2-9H2,1H3. The largest absolute Gasteiger partial charge is 0.340 e. The Morgan fingerprint density at radius 3 is 2.73 bits per heavy atom. The zero-order chi connectivity index (χ0) is 10.7. The van der Waals surface area contributed by atoms with E-state index in [-0.39, 0.29) is 0 Å². The lowest BCUT2D eigenvalue weighted by molar-refractivity contribution is -0.136. The molecule has 0 radical (unpaired) electrons. The molecule has 0 aromatic rings. The van der Waals surface area contributed by atoms with Crippen LogP contribution < -0.4 is 5.32 Å². The molecule has 0 aromatic carbocycles. The molecule has 0 bridgehead atoms. The lowest BCUT2D eigenvalue weighted by atomic mass is 9.99. The molecule has 1 amide bonds. The molecule has 0 atom stereocenters. The lowest BCUT2D eigenvalue weighted by Gasteiger charge is -2.35. The zero-order valence-electron chi connectivity index (χ0n) is 9.54. The third-order valence-corrected chi connectivity index (χ3v) is 3.52. The quantitative estimate of drug-likeness (QED) is 0.697. The lowest BCUT2D eigenvalue weighted by Crippen LogP contribution is -2.51. The Hall–Kier alpha value is -0.610. The molecular formula is C11H21N3O. The van der Waals surface area contributed by atoms with Crippen LogP contribution in [0.4, 0.5) is 0 Å². The average molecular weight is 211 g/mol. The maximum Gasteiger partial charge on any atom is 0.236 e. The highest BCUT2D eigenvalue weighted by molar-refractivity contribution is 5.79. The third-order valence-electron chi connectivity index (χ3n) is 3.52. The van der Waals surface area contributed by atoms with Crippen LogP contribution in [0, 0.1) is 5.92 Å². The van der Waals surface area contributed by atoms with E-state index < -0.39 is 0 Å². The van der Waals surface area contributed by atoms with E-state index in [0.29, 0.717) is 12.5 Å². The number of piperazine rings is 1. The Morgan fingerprint density at radius 2 is 2.20 bits per heavy atom. The van der Waals surface area contributed by atoms with Crippen molar-refractivity contribution in [2.45, 2.75) is 13.3 Å². The summed E-state index contributed by atoms with van der Waals surface area (Å²) in [5.41, 5.74) is 0. The topological polar surface area (TPSA) is 35.6 Å². The fraction of sp³-hybridized carbons (Fsp3) is 0.909. The van der Waals surface area contributed by atoms with Gasteiger partial charge in [-0.25, -0.2) is 0 Å². The molecule has 4 heteroatoms. The van der Waals surface area contributed by atoms with Crippen LogP contribution >= 0.6 is 0 Å². The van der Waals surface area contributed by atoms with Gasteiger partial charge >= 0.3 is 0 Å². The van der Waals surface area contributed by atoms with E-state index in [2.05, 4.69) is 17.1 Å². The van der Waals surface area contributed by atoms with E-state index in [4.69, 9.17) is 0 Å². The highest BCUT2D eigenvalue weighted by atomic mass is 16.2. The Morgan fingerprint density at radius 1 is 1.40 bits per heavy atom. The summed E-state index contributed by atoms with van der Waals surface area (Å²) in [6.07, 6.45) is 1.17. The molecule has 2 saturated heterocycles. The van der Waals surface area contributed by atoms with E-state index in [0.717, 1.165) is 45.2 Å². The molecule has 0 saturated carbocycles. The average Bonchev–Trinajstić information content (AvgIpc) is 2.18. The van der Waals surface area contributed by atoms with Crippen LogP contribution in [0.1, 0.15) is 13.3 Å². The molecule has 0 unspecified atom stereocenters. The number of rotatable bonds is 4. The van der Waals surface area contributed by atoms with Crippen LogP contribution in [0.5, 0.6) is 0 Å². The van der Waals surface area contributed by atoms with Gasteiger partial charge in [-0.2, -0.15) is 0 Å². The van der Waals surface area contributed by atoms with Gasteiger partial charge in [0.25, 0.3) is 0 Å².